The van der Waals surface area contributed by atoms with Gasteiger partial charge in [0.2, 0.25) is 5.82 Å². The Labute approximate surface area is 234 Å². The molecule has 2 aromatic carbocycles. The highest BCUT2D eigenvalue weighted by Crippen LogP contribution is 2.34. The van der Waals surface area contributed by atoms with E-state index in [1.165, 1.54) is 18.2 Å². The number of fused-ring (bicyclic) bond motifs is 1. The highest BCUT2D eigenvalue weighted by atomic mass is 32.2. The second-order valence-corrected chi connectivity index (χ2v) is 10.0. The first kappa shape index (κ1) is 30.3. The van der Waals surface area contributed by atoms with Crippen molar-refractivity contribution >= 4 is 32.7 Å². The van der Waals surface area contributed by atoms with Crippen LogP contribution < -0.4 is 5.32 Å². The highest BCUT2D eigenvalue weighted by Gasteiger charge is 2.36. The molecule has 0 fully saturated rings. The third-order valence-electron chi connectivity index (χ3n) is 5.67. The first-order valence-corrected chi connectivity index (χ1v) is 13.2. The standard InChI is InChI=1S/C21H13F6N5.C6H6O3S/c1-11-14(6-4-12-3-2-8-28-18(11)12)15-9-17(32-19(30-15)21(25,26)27)31-16-7-5-13(10-29-16)20(22,23)24;7-10(8,9)6-4-2-1-3-5-6/h2-10H,1H3,(H,29,30,31,32);1-5H,(H,7,8,9). The molecule has 218 valence electrons. The van der Waals surface area contributed by atoms with Crippen molar-refractivity contribution < 1.29 is 39.3 Å². The van der Waals surface area contributed by atoms with E-state index in [1.807, 2.05) is 6.07 Å². The van der Waals surface area contributed by atoms with Crippen molar-refractivity contribution in [2.24, 2.45) is 0 Å². The molecule has 0 saturated heterocycles. The third-order valence-corrected chi connectivity index (χ3v) is 6.54. The van der Waals surface area contributed by atoms with Crippen LogP contribution in [-0.2, 0) is 22.5 Å². The van der Waals surface area contributed by atoms with Crippen LogP contribution in [0.25, 0.3) is 22.2 Å². The Hall–Kier alpha value is -4.63. The molecule has 2 N–H and O–H groups in total. The van der Waals surface area contributed by atoms with Crippen LogP contribution in [0.4, 0.5) is 38.0 Å². The van der Waals surface area contributed by atoms with Crippen LogP contribution in [0.2, 0.25) is 0 Å². The smallest absolute Gasteiger partial charge is 0.325 e. The van der Waals surface area contributed by atoms with Crippen LogP contribution >= 0.6 is 0 Å². The molecule has 0 saturated carbocycles. The van der Waals surface area contributed by atoms with Gasteiger partial charge in [0.15, 0.2) is 0 Å². The lowest BCUT2D eigenvalue weighted by Crippen LogP contribution is -2.13. The number of hydrogen-bond acceptors (Lipinski definition) is 7. The van der Waals surface area contributed by atoms with Crippen molar-refractivity contribution in [2.45, 2.75) is 24.2 Å². The van der Waals surface area contributed by atoms with E-state index in [1.54, 1.807) is 49.5 Å². The van der Waals surface area contributed by atoms with Gasteiger partial charge in [0, 0.05) is 29.4 Å². The van der Waals surface area contributed by atoms with E-state index in [0.29, 0.717) is 22.8 Å². The van der Waals surface area contributed by atoms with Gasteiger partial charge in [-0.1, -0.05) is 36.4 Å². The summed E-state index contributed by atoms with van der Waals surface area (Å²) >= 11 is 0. The summed E-state index contributed by atoms with van der Waals surface area (Å²) in [5.74, 6) is -1.77. The number of hydrogen-bond donors (Lipinski definition) is 2. The summed E-state index contributed by atoms with van der Waals surface area (Å²) in [5.41, 5.74) is 0.630. The molecule has 0 spiro atoms. The van der Waals surface area contributed by atoms with Crippen LogP contribution in [-0.4, -0.2) is 32.9 Å². The van der Waals surface area contributed by atoms with E-state index >= 15 is 0 Å². The molecule has 15 heteroatoms. The normalized spacial score (nSPS) is 12.0. The minimum atomic E-state index is -4.84. The lowest BCUT2D eigenvalue weighted by Gasteiger charge is -2.14. The maximum absolute atomic E-state index is 13.4. The molecule has 3 heterocycles. The Morgan fingerprint density at radius 3 is 2.07 bits per heavy atom. The van der Waals surface area contributed by atoms with Gasteiger partial charge in [-0.3, -0.25) is 9.54 Å². The van der Waals surface area contributed by atoms with Crippen LogP contribution in [0.1, 0.15) is 17.0 Å². The molecule has 0 aliphatic rings. The van der Waals surface area contributed by atoms with Crippen molar-refractivity contribution in [3.63, 3.8) is 0 Å². The molecule has 0 radical (unpaired) electrons. The van der Waals surface area contributed by atoms with Gasteiger partial charge in [-0.15, -0.1) is 0 Å². The van der Waals surface area contributed by atoms with Crippen LogP contribution in [0.3, 0.4) is 0 Å². The van der Waals surface area contributed by atoms with Crippen LogP contribution in [0.15, 0.2) is 90.1 Å². The van der Waals surface area contributed by atoms with E-state index < -0.39 is 33.9 Å². The number of aromatic nitrogens is 4. The largest absolute Gasteiger partial charge is 0.451 e. The Morgan fingerprint density at radius 2 is 1.50 bits per heavy atom. The summed E-state index contributed by atoms with van der Waals surface area (Å²) in [7, 11) is -4.00. The van der Waals surface area contributed by atoms with Gasteiger partial charge >= 0.3 is 12.4 Å². The van der Waals surface area contributed by atoms with Gasteiger partial charge in [-0.05, 0) is 42.8 Å². The lowest BCUT2D eigenvalue weighted by molar-refractivity contribution is -0.144. The first-order valence-electron chi connectivity index (χ1n) is 11.8. The number of pyridine rings is 2. The van der Waals surface area contributed by atoms with Crippen molar-refractivity contribution in [2.75, 3.05) is 5.32 Å². The van der Waals surface area contributed by atoms with Gasteiger partial charge < -0.3 is 5.32 Å². The fourth-order valence-corrected chi connectivity index (χ4v) is 4.20. The number of benzene rings is 2. The molecule has 3 aromatic heterocycles. The van der Waals surface area contributed by atoms with Gasteiger partial charge in [-0.25, -0.2) is 15.0 Å². The third kappa shape index (κ3) is 7.36. The molecule has 0 aliphatic heterocycles. The summed E-state index contributed by atoms with van der Waals surface area (Å²) < 4.78 is 108. The van der Waals surface area contributed by atoms with Gasteiger partial charge in [0.05, 0.1) is 21.7 Å². The number of nitrogens with one attached hydrogen (secondary N) is 1. The number of aryl methyl sites for hydroxylation is 1. The van der Waals surface area contributed by atoms with E-state index in [0.717, 1.165) is 17.5 Å². The number of nitrogens with zero attached hydrogens (tertiary/aromatic N) is 4. The molecule has 0 atom stereocenters. The molecule has 5 aromatic rings. The molecule has 5 rings (SSSR count). The highest BCUT2D eigenvalue weighted by molar-refractivity contribution is 7.85. The van der Waals surface area contributed by atoms with E-state index in [9.17, 15) is 34.8 Å². The molecule has 0 amide bonds. The van der Waals surface area contributed by atoms with E-state index in [4.69, 9.17) is 4.55 Å². The Balaban J connectivity index is 0.000000343. The summed E-state index contributed by atoms with van der Waals surface area (Å²) in [4.78, 5) is 14.9. The zero-order chi connectivity index (χ0) is 30.7. The van der Waals surface area contributed by atoms with Crippen molar-refractivity contribution in [1.82, 2.24) is 19.9 Å². The van der Waals surface area contributed by atoms with Crippen molar-refractivity contribution in [1.29, 1.82) is 0 Å². The molecule has 0 bridgehead atoms. The molecule has 8 nitrogen and oxygen atoms in total. The fourth-order valence-electron chi connectivity index (χ4n) is 3.70. The van der Waals surface area contributed by atoms with Gasteiger partial charge in [0.25, 0.3) is 10.1 Å². The van der Waals surface area contributed by atoms with Gasteiger partial charge in [-0.2, -0.15) is 34.8 Å². The second-order valence-electron chi connectivity index (χ2n) is 8.62. The quantitative estimate of drug-likeness (QED) is 0.164. The maximum Gasteiger partial charge on any atom is 0.451 e. The van der Waals surface area contributed by atoms with Gasteiger partial charge in [0.1, 0.15) is 11.6 Å². The SMILES string of the molecule is Cc1c(-c2cc(Nc3ccc(C(F)(F)F)cn3)nc(C(F)(F)F)n2)ccc2cccnc12.O=S(=O)(O)c1ccccc1. The predicted molar refractivity (Wildman–Crippen MR) is 141 cm³/mol. The summed E-state index contributed by atoms with van der Waals surface area (Å²) in [6.45, 7) is 1.71. The van der Waals surface area contributed by atoms with Crippen molar-refractivity contribution in [3.8, 4) is 11.3 Å². The minimum Gasteiger partial charge on any atom is -0.325 e. The maximum atomic E-state index is 13.4. The minimum absolute atomic E-state index is 0.0215. The number of halogens is 6. The zero-order valence-corrected chi connectivity index (χ0v) is 22.1. The Morgan fingerprint density at radius 1 is 0.786 bits per heavy atom. The zero-order valence-electron chi connectivity index (χ0n) is 21.3. The molecule has 42 heavy (non-hydrogen) atoms. The molecule has 0 aliphatic carbocycles. The van der Waals surface area contributed by atoms with E-state index in [-0.39, 0.29) is 22.2 Å². The Bertz CT molecular complexity index is 1820. The fraction of sp³-hybridized carbons (Fsp3) is 0.111. The average Bonchev–Trinajstić information content (AvgIpc) is 2.93. The Kier molecular flexibility index (Phi) is 8.45. The molecular weight excluding hydrogens is 588 g/mol. The topological polar surface area (TPSA) is 118 Å². The summed E-state index contributed by atoms with van der Waals surface area (Å²) in [5, 5.41) is 3.33. The van der Waals surface area contributed by atoms with E-state index in [2.05, 4.69) is 25.3 Å². The predicted octanol–water partition coefficient (Wildman–Crippen LogP) is 7.11. The first-order chi connectivity index (χ1) is 19.6. The summed E-state index contributed by atoms with van der Waals surface area (Å²) in [6, 6.07) is 17.4. The van der Waals surface area contributed by atoms with Crippen molar-refractivity contribution in [3.05, 3.63) is 102 Å². The monoisotopic (exact) mass is 607 g/mol. The number of alkyl halides is 6. The number of anilines is 2. The average molecular weight is 608 g/mol. The molecule has 0 unspecified atom stereocenters. The lowest BCUT2D eigenvalue weighted by atomic mass is 10.0. The number of rotatable bonds is 4. The van der Waals surface area contributed by atoms with Crippen LogP contribution in [0, 0.1) is 6.92 Å². The second kappa shape index (κ2) is 11.7. The van der Waals surface area contributed by atoms with Crippen LogP contribution in [0.5, 0.6) is 0 Å². The molecular formula is C27H19F6N5O3S. The summed E-state index contributed by atoms with van der Waals surface area (Å²) in [6.07, 6.45) is -7.28.